The van der Waals surface area contributed by atoms with E-state index >= 15 is 0 Å². The van der Waals surface area contributed by atoms with Crippen molar-refractivity contribution in [2.75, 3.05) is 6.54 Å². The van der Waals surface area contributed by atoms with Gasteiger partial charge in [0.25, 0.3) is 5.91 Å². The van der Waals surface area contributed by atoms with E-state index in [1.165, 1.54) is 19.3 Å². The zero-order valence-corrected chi connectivity index (χ0v) is 13.4. The molecule has 2 aromatic rings. The van der Waals surface area contributed by atoms with Crippen molar-refractivity contribution in [1.29, 1.82) is 0 Å². The Morgan fingerprint density at radius 2 is 2.00 bits per heavy atom. The fraction of sp³-hybridized carbons (Fsp3) is 0.471. The number of amides is 1. The molecule has 0 bridgehead atoms. The van der Waals surface area contributed by atoms with Gasteiger partial charge in [0.1, 0.15) is 5.58 Å². The quantitative estimate of drug-likeness (QED) is 0.905. The van der Waals surface area contributed by atoms with Gasteiger partial charge in [-0.05, 0) is 30.9 Å². The molecule has 4 nitrogen and oxygen atoms in total. The Labute approximate surface area is 136 Å². The number of hydrogen-bond donors (Lipinski definition) is 2. The Balaban J connectivity index is 0.00000176. The number of rotatable bonds is 4. The first-order valence-corrected chi connectivity index (χ1v) is 7.77. The van der Waals surface area contributed by atoms with E-state index in [1.54, 1.807) is 6.07 Å². The monoisotopic (exact) mass is 322 g/mol. The molecule has 5 heteroatoms. The summed E-state index contributed by atoms with van der Waals surface area (Å²) in [6, 6.07) is 9.48. The topological polar surface area (TPSA) is 68.3 Å². The predicted octanol–water partition coefficient (Wildman–Crippen LogP) is 3.49. The Morgan fingerprint density at radius 1 is 1.27 bits per heavy atom. The van der Waals surface area contributed by atoms with Crippen LogP contribution in [0.15, 0.2) is 34.7 Å². The average Bonchev–Trinajstić information content (AvgIpc) is 2.97. The number of carbonyl (C=O) groups excluding carboxylic acids is 1. The van der Waals surface area contributed by atoms with Gasteiger partial charge >= 0.3 is 0 Å². The van der Waals surface area contributed by atoms with Crippen molar-refractivity contribution in [3.05, 3.63) is 36.1 Å². The normalized spacial score (nSPS) is 17.0. The third-order valence-electron chi connectivity index (χ3n) is 4.44. The molecule has 0 spiro atoms. The zero-order chi connectivity index (χ0) is 14.7. The summed E-state index contributed by atoms with van der Waals surface area (Å²) in [5, 5.41) is 4.00. The van der Waals surface area contributed by atoms with Crippen LogP contribution in [-0.4, -0.2) is 18.5 Å². The Kier molecular flexibility index (Phi) is 5.86. The lowest BCUT2D eigenvalue weighted by Gasteiger charge is -2.29. The van der Waals surface area contributed by atoms with E-state index < -0.39 is 0 Å². The summed E-state index contributed by atoms with van der Waals surface area (Å²) in [5.41, 5.74) is 6.60. The molecule has 1 atom stereocenters. The third kappa shape index (κ3) is 3.62. The number of furan rings is 1. The first-order chi connectivity index (χ1) is 10.3. The number of fused-ring (bicyclic) bond motifs is 1. The van der Waals surface area contributed by atoms with Gasteiger partial charge in [-0.1, -0.05) is 37.5 Å². The van der Waals surface area contributed by atoms with Crippen LogP contribution in [0.3, 0.4) is 0 Å². The second-order valence-electron chi connectivity index (χ2n) is 5.86. The van der Waals surface area contributed by atoms with Gasteiger partial charge in [0, 0.05) is 18.0 Å². The third-order valence-corrected chi connectivity index (χ3v) is 4.44. The molecule has 22 heavy (non-hydrogen) atoms. The summed E-state index contributed by atoms with van der Waals surface area (Å²) < 4.78 is 5.61. The van der Waals surface area contributed by atoms with Crippen molar-refractivity contribution in [3.8, 4) is 0 Å². The van der Waals surface area contributed by atoms with E-state index in [2.05, 4.69) is 5.32 Å². The van der Waals surface area contributed by atoms with E-state index in [0.717, 1.165) is 23.8 Å². The number of para-hydroxylation sites is 1. The SMILES string of the molecule is Cl.NCC(NC(=O)c1cc2ccccc2o1)C1CCCCC1. The highest BCUT2D eigenvalue weighted by Crippen LogP contribution is 2.26. The lowest BCUT2D eigenvalue weighted by atomic mass is 9.84. The smallest absolute Gasteiger partial charge is 0.287 e. The molecular weight excluding hydrogens is 300 g/mol. The summed E-state index contributed by atoms with van der Waals surface area (Å²) in [6.45, 7) is 0.483. The van der Waals surface area contributed by atoms with Crippen molar-refractivity contribution in [2.45, 2.75) is 38.1 Å². The fourth-order valence-corrected chi connectivity index (χ4v) is 3.24. The molecule has 1 aromatic carbocycles. The molecule has 1 aliphatic carbocycles. The van der Waals surface area contributed by atoms with Crippen LogP contribution < -0.4 is 11.1 Å². The van der Waals surface area contributed by atoms with Crippen molar-refractivity contribution >= 4 is 29.3 Å². The molecule has 1 aliphatic rings. The Bertz CT molecular complexity index is 587. The molecule has 3 N–H and O–H groups in total. The largest absolute Gasteiger partial charge is 0.451 e. The van der Waals surface area contributed by atoms with Gasteiger partial charge in [0.15, 0.2) is 5.76 Å². The van der Waals surface area contributed by atoms with Crippen molar-refractivity contribution < 1.29 is 9.21 Å². The molecule has 1 aromatic heterocycles. The summed E-state index contributed by atoms with van der Waals surface area (Å²) in [6.07, 6.45) is 6.08. The molecule has 1 fully saturated rings. The van der Waals surface area contributed by atoms with Crippen LogP contribution in [0.25, 0.3) is 11.0 Å². The van der Waals surface area contributed by atoms with Gasteiger partial charge < -0.3 is 15.5 Å². The van der Waals surface area contributed by atoms with Crippen LogP contribution >= 0.6 is 12.4 Å². The highest BCUT2D eigenvalue weighted by Gasteiger charge is 2.25. The van der Waals surface area contributed by atoms with Crippen LogP contribution in [0.5, 0.6) is 0 Å². The molecule has 1 heterocycles. The van der Waals surface area contributed by atoms with Gasteiger partial charge in [0.05, 0.1) is 0 Å². The summed E-state index contributed by atoms with van der Waals surface area (Å²) in [4.78, 5) is 12.4. The molecule has 1 unspecified atom stereocenters. The molecule has 1 amide bonds. The molecule has 0 saturated heterocycles. The number of nitrogens with two attached hydrogens (primary N) is 1. The minimum atomic E-state index is -0.160. The lowest BCUT2D eigenvalue weighted by Crippen LogP contribution is -2.45. The van der Waals surface area contributed by atoms with Crippen molar-refractivity contribution in [2.24, 2.45) is 11.7 Å². The average molecular weight is 323 g/mol. The van der Waals surface area contributed by atoms with E-state index in [1.807, 2.05) is 24.3 Å². The molecule has 120 valence electrons. The van der Waals surface area contributed by atoms with Crippen LogP contribution in [0.2, 0.25) is 0 Å². The first-order valence-electron chi connectivity index (χ1n) is 7.77. The second-order valence-corrected chi connectivity index (χ2v) is 5.86. The van der Waals surface area contributed by atoms with Crippen LogP contribution in [-0.2, 0) is 0 Å². The Hall–Kier alpha value is -1.52. The maximum absolute atomic E-state index is 12.4. The molecule has 0 aliphatic heterocycles. The highest BCUT2D eigenvalue weighted by molar-refractivity contribution is 5.96. The minimum Gasteiger partial charge on any atom is -0.451 e. The minimum absolute atomic E-state index is 0. The van der Waals surface area contributed by atoms with Gasteiger partial charge in [-0.2, -0.15) is 0 Å². The summed E-state index contributed by atoms with van der Waals surface area (Å²) in [5.74, 6) is 0.703. The number of benzene rings is 1. The van der Waals surface area contributed by atoms with Gasteiger partial charge in [-0.3, -0.25) is 4.79 Å². The predicted molar refractivity (Wildman–Crippen MR) is 90.3 cm³/mol. The van der Waals surface area contributed by atoms with Gasteiger partial charge in [-0.25, -0.2) is 0 Å². The van der Waals surface area contributed by atoms with Crippen molar-refractivity contribution in [3.63, 3.8) is 0 Å². The fourth-order valence-electron chi connectivity index (χ4n) is 3.24. The number of hydrogen-bond acceptors (Lipinski definition) is 3. The summed E-state index contributed by atoms with van der Waals surface area (Å²) in [7, 11) is 0. The van der Waals surface area contributed by atoms with Crippen LogP contribution in [0, 0.1) is 5.92 Å². The Morgan fingerprint density at radius 3 is 2.68 bits per heavy atom. The second kappa shape index (κ2) is 7.65. The molecule has 0 radical (unpaired) electrons. The number of nitrogens with one attached hydrogen (secondary N) is 1. The highest BCUT2D eigenvalue weighted by atomic mass is 35.5. The standard InChI is InChI=1S/C17H22N2O2.ClH/c18-11-14(12-6-2-1-3-7-12)19-17(20)16-10-13-8-4-5-9-15(13)21-16;/h4-5,8-10,12,14H,1-3,6-7,11,18H2,(H,19,20);1H. The van der Waals surface area contributed by atoms with Crippen LogP contribution in [0.1, 0.15) is 42.7 Å². The van der Waals surface area contributed by atoms with Gasteiger partial charge in [0.2, 0.25) is 0 Å². The van der Waals surface area contributed by atoms with E-state index in [9.17, 15) is 4.79 Å². The lowest BCUT2D eigenvalue weighted by molar-refractivity contribution is 0.0889. The van der Waals surface area contributed by atoms with E-state index in [0.29, 0.717) is 18.2 Å². The zero-order valence-electron chi connectivity index (χ0n) is 12.6. The molecule has 1 saturated carbocycles. The van der Waals surface area contributed by atoms with E-state index in [-0.39, 0.29) is 24.4 Å². The summed E-state index contributed by atoms with van der Waals surface area (Å²) >= 11 is 0. The maximum Gasteiger partial charge on any atom is 0.287 e. The van der Waals surface area contributed by atoms with Crippen molar-refractivity contribution in [1.82, 2.24) is 5.32 Å². The number of halogens is 1. The number of carbonyl (C=O) groups is 1. The van der Waals surface area contributed by atoms with Crippen LogP contribution in [0.4, 0.5) is 0 Å². The first kappa shape index (κ1) is 16.8. The van der Waals surface area contributed by atoms with E-state index in [4.69, 9.17) is 10.2 Å². The maximum atomic E-state index is 12.4. The molecular formula is C17H23ClN2O2. The van der Waals surface area contributed by atoms with Gasteiger partial charge in [-0.15, -0.1) is 12.4 Å². The molecule has 3 rings (SSSR count).